The van der Waals surface area contributed by atoms with E-state index in [0.717, 1.165) is 10.1 Å². The van der Waals surface area contributed by atoms with Crippen LogP contribution in [0.1, 0.15) is 21.5 Å². The Kier molecular flexibility index (Phi) is 2.91. The Bertz CT molecular complexity index is 773. The topological polar surface area (TPSA) is 17.1 Å². The van der Waals surface area contributed by atoms with Gasteiger partial charge in [0, 0.05) is 26.6 Å². The number of hydrogen-bond donors (Lipinski definition) is 0. The van der Waals surface area contributed by atoms with Crippen LogP contribution in [0, 0.1) is 12.7 Å². The summed E-state index contributed by atoms with van der Waals surface area (Å²) in [6.07, 6.45) is 0. The zero-order valence-electron chi connectivity index (χ0n) is 10.3. The molecular weight excluding hydrogens is 259 g/mol. The van der Waals surface area contributed by atoms with Gasteiger partial charge in [-0.1, -0.05) is 18.2 Å². The number of carbonyl (C=O) groups excluding carboxylic acids is 1. The maximum Gasteiger partial charge on any atom is 0.194 e. The lowest BCUT2D eigenvalue weighted by molar-refractivity contribution is 0.104. The first kappa shape index (κ1) is 12.1. The molecule has 3 aromatic rings. The second-order valence-corrected chi connectivity index (χ2v) is 5.35. The van der Waals surface area contributed by atoms with E-state index >= 15 is 0 Å². The van der Waals surface area contributed by atoms with Gasteiger partial charge >= 0.3 is 0 Å². The van der Waals surface area contributed by atoms with Gasteiger partial charge in [-0.2, -0.15) is 0 Å². The zero-order chi connectivity index (χ0) is 13.4. The van der Waals surface area contributed by atoms with Crippen LogP contribution in [-0.2, 0) is 0 Å². The third-order valence-corrected chi connectivity index (χ3v) is 4.12. The van der Waals surface area contributed by atoms with Gasteiger partial charge in [0.25, 0.3) is 0 Å². The molecule has 0 bridgehead atoms. The molecule has 2 aromatic carbocycles. The highest BCUT2D eigenvalue weighted by Crippen LogP contribution is 2.28. The van der Waals surface area contributed by atoms with Gasteiger partial charge in [-0.25, -0.2) is 4.39 Å². The summed E-state index contributed by atoms with van der Waals surface area (Å²) in [6.45, 7) is 1.75. The Balaban J connectivity index is 2.13. The minimum absolute atomic E-state index is 0.0463. The number of ketones is 1. The Labute approximate surface area is 114 Å². The van der Waals surface area contributed by atoms with E-state index in [9.17, 15) is 9.18 Å². The summed E-state index contributed by atoms with van der Waals surface area (Å²) in [5.41, 5.74) is 1.92. The lowest BCUT2D eigenvalue weighted by Crippen LogP contribution is -2.03. The number of carbonyl (C=O) groups is 1. The number of thiophene rings is 1. The Morgan fingerprint density at radius 2 is 1.89 bits per heavy atom. The molecule has 19 heavy (non-hydrogen) atoms. The lowest BCUT2D eigenvalue weighted by atomic mass is 9.99. The molecule has 0 N–H and O–H groups in total. The molecule has 1 heterocycles. The summed E-state index contributed by atoms with van der Waals surface area (Å²) in [5, 5.41) is 2.83. The van der Waals surface area contributed by atoms with Crippen LogP contribution in [0.5, 0.6) is 0 Å². The van der Waals surface area contributed by atoms with E-state index in [4.69, 9.17) is 0 Å². The molecular formula is C16H11FOS. The highest BCUT2D eigenvalue weighted by atomic mass is 32.1. The highest BCUT2D eigenvalue weighted by molar-refractivity contribution is 7.17. The second-order valence-electron chi connectivity index (χ2n) is 4.43. The molecule has 0 aliphatic heterocycles. The Morgan fingerprint density at radius 3 is 2.68 bits per heavy atom. The van der Waals surface area contributed by atoms with E-state index in [1.807, 2.05) is 29.6 Å². The number of fused-ring (bicyclic) bond motifs is 1. The van der Waals surface area contributed by atoms with Crippen molar-refractivity contribution in [3.8, 4) is 0 Å². The predicted octanol–water partition coefficient (Wildman–Crippen LogP) is 4.58. The van der Waals surface area contributed by atoms with E-state index in [1.165, 1.54) is 12.1 Å². The molecule has 0 saturated carbocycles. The van der Waals surface area contributed by atoms with Gasteiger partial charge in [-0.05, 0) is 36.8 Å². The van der Waals surface area contributed by atoms with Crippen molar-refractivity contribution in [3.05, 3.63) is 70.4 Å². The molecule has 3 rings (SSSR count). The van der Waals surface area contributed by atoms with Crippen LogP contribution in [0.3, 0.4) is 0 Å². The van der Waals surface area contributed by atoms with Crippen molar-refractivity contribution in [2.45, 2.75) is 6.92 Å². The maximum absolute atomic E-state index is 13.1. The maximum atomic E-state index is 13.1. The van der Waals surface area contributed by atoms with Crippen molar-refractivity contribution >= 4 is 27.2 Å². The van der Waals surface area contributed by atoms with E-state index in [1.54, 1.807) is 24.3 Å². The van der Waals surface area contributed by atoms with E-state index in [0.29, 0.717) is 16.7 Å². The van der Waals surface area contributed by atoms with Crippen LogP contribution < -0.4 is 0 Å². The average molecular weight is 270 g/mol. The van der Waals surface area contributed by atoms with Gasteiger partial charge in [-0.15, -0.1) is 11.3 Å². The van der Waals surface area contributed by atoms with Crippen LogP contribution >= 0.6 is 11.3 Å². The molecule has 0 amide bonds. The normalized spacial score (nSPS) is 10.8. The van der Waals surface area contributed by atoms with Gasteiger partial charge in [-0.3, -0.25) is 4.79 Å². The van der Waals surface area contributed by atoms with Crippen molar-refractivity contribution in [3.63, 3.8) is 0 Å². The second kappa shape index (κ2) is 4.59. The van der Waals surface area contributed by atoms with Crippen molar-refractivity contribution in [1.29, 1.82) is 0 Å². The first-order valence-electron chi connectivity index (χ1n) is 5.94. The SMILES string of the molecule is Cc1cc(F)ccc1C(=O)c1csc2ccccc12. The molecule has 1 nitrogen and oxygen atoms in total. The summed E-state index contributed by atoms with van der Waals surface area (Å²) >= 11 is 1.55. The molecule has 0 unspecified atom stereocenters. The molecule has 0 fully saturated rings. The largest absolute Gasteiger partial charge is 0.289 e. The number of halogens is 1. The smallest absolute Gasteiger partial charge is 0.194 e. The van der Waals surface area contributed by atoms with Crippen LogP contribution in [0.15, 0.2) is 47.8 Å². The minimum Gasteiger partial charge on any atom is -0.289 e. The fourth-order valence-electron chi connectivity index (χ4n) is 2.18. The number of rotatable bonds is 2. The Morgan fingerprint density at radius 1 is 1.11 bits per heavy atom. The van der Waals surface area contributed by atoms with Crippen LogP contribution in [0.2, 0.25) is 0 Å². The van der Waals surface area contributed by atoms with Crippen molar-refractivity contribution in [1.82, 2.24) is 0 Å². The van der Waals surface area contributed by atoms with E-state index in [2.05, 4.69) is 0 Å². The molecule has 0 aliphatic carbocycles. The molecule has 3 heteroatoms. The Hall–Kier alpha value is -2.00. The summed E-state index contributed by atoms with van der Waals surface area (Å²) in [6, 6.07) is 12.1. The van der Waals surface area contributed by atoms with Gasteiger partial charge in [0.2, 0.25) is 0 Å². The van der Waals surface area contributed by atoms with Crippen molar-refractivity contribution in [2.75, 3.05) is 0 Å². The van der Waals surface area contributed by atoms with E-state index in [-0.39, 0.29) is 11.6 Å². The molecule has 0 aliphatic rings. The molecule has 1 aromatic heterocycles. The van der Waals surface area contributed by atoms with E-state index < -0.39 is 0 Å². The zero-order valence-corrected chi connectivity index (χ0v) is 11.1. The third-order valence-electron chi connectivity index (χ3n) is 3.16. The summed E-state index contributed by atoms with van der Waals surface area (Å²) in [4.78, 5) is 12.5. The molecule has 0 radical (unpaired) electrons. The minimum atomic E-state index is -0.316. The first-order chi connectivity index (χ1) is 9.16. The highest BCUT2D eigenvalue weighted by Gasteiger charge is 2.16. The van der Waals surface area contributed by atoms with Crippen molar-refractivity contribution < 1.29 is 9.18 Å². The lowest BCUT2D eigenvalue weighted by Gasteiger charge is -2.04. The summed E-state index contributed by atoms with van der Waals surface area (Å²) < 4.78 is 14.2. The molecule has 0 spiro atoms. The van der Waals surface area contributed by atoms with Gasteiger partial charge in [0.05, 0.1) is 0 Å². The quantitative estimate of drug-likeness (QED) is 0.623. The summed E-state index contributed by atoms with van der Waals surface area (Å²) in [7, 11) is 0. The monoisotopic (exact) mass is 270 g/mol. The number of benzene rings is 2. The standard InChI is InChI=1S/C16H11FOS/c1-10-8-11(17)6-7-12(10)16(18)14-9-19-15-5-3-2-4-13(14)15/h2-9H,1H3. The average Bonchev–Trinajstić information content (AvgIpc) is 2.82. The third kappa shape index (κ3) is 2.06. The molecule has 0 saturated heterocycles. The number of aryl methyl sites for hydroxylation is 1. The van der Waals surface area contributed by atoms with Crippen LogP contribution in [0.4, 0.5) is 4.39 Å². The number of hydrogen-bond acceptors (Lipinski definition) is 2. The molecule has 0 atom stereocenters. The predicted molar refractivity (Wildman–Crippen MR) is 76.4 cm³/mol. The first-order valence-corrected chi connectivity index (χ1v) is 6.82. The van der Waals surface area contributed by atoms with Gasteiger partial charge in [0.15, 0.2) is 5.78 Å². The van der Waals surface area contributed by atoms with Crippen LogP contribution in [-0.4, -0.2) is 5.78 Å². The molecule has 94 valence electrons. The van der Waals surface area contributed by atoms with Gasteiger partial charge in [0.1, 0.15) is 5.82 Å². The fraction of sp³-hybridized carbons (Fsp3) is 0.0625. The summed E-state index contributed by atoms with van der Waals surface area (Å²) in [5.74, 6) is -0.362. The van der Waals surface area contributed by atoms with Crippen molar-refractivity contribution in [2.24, 2.45) is 0 Å². The van der Waals surface area contributed by atoms with Crippen LogP contribution in [0.25, 0.3) is 10.1 Å². The fourth-order valence-corrected chi connectivity index (χ4v) is 3.12. The van der Waals surface area contributed by atoms with Gasteiger partial charge < -0.3 is 0 Å².